The lowest BCUT2D eigenvalue weighted by Gasteiger charge is -2.45. The third-order valence-corrected chi connectivity index (χ3v) is 8.58. The second kappa shape index (κ2) is 25.6. The molecule has 41 heavy (non-hydrogen) atoms. The summed E-state index contributed by atoms with van der Waals surface area (Å²) in [5, 5.41) is 33.4. The van der Waals surface area contributed by atoms with Crippen LogP contribution < -0.4 is 11.1 Å². The van der Waals surface area contributed by atoms with Crippen molar-refractivity contribution in [2.75, 3.05) is 19.7 Å². The van der Waals surface area contributed by atoms with Gasteiger partial charge in [-0.15, -0.1) is 0 Å². The van der Waals surface area contributed by atoms with Gasteiger partial charge in [-0.25, -0.2) is 4.79 Å². The van der Waals surface area contributed by atoms with Crippen LogP contribution in [0.5, 0.6) is 0 Å². The fraction of sp³-hybridized carbons (Fsp3) is 0.970. The highest BCUT2D eigenvalue weighted by molar-refractivity contribution is 5.74. The van der Waals surface area contributed by atoms with Gasteiger partial charge in [0.2, 0.25) is 0 Å². The molecular formula is C33H67N3O5. The molecule has 8 heteroatoms. The van der Waals surface area contributed by atoms with Gasteiger partial charge in [0.15, 0.2) is 6.23 Å². The number of aliphatic hydroxyl groups excluding tert-OH is 3. The SMILES string of the molecule is CCCCCCCCCCCCCCNC(=O)N(CCCCCCCCCCCC)[C@@H]1O[C@H](CO)[C@@H](O)[C@H](O)[C@@H]1N. The highest BCUT2D eigenvalue weighted by Gasteiger charge is 2.45. The Labute approximate surface area is 252 Å². The second-order valence-corrected chi connectivity index (χ2v) is 12.3. The van der Waals surface area contributed by atoms with Crippen LogP contribution in [0.25, 0.3) is 0 Å². The number of nitrogens with zero attached hydrogens (tertiary/aromatic N) is 1. The van der Waals surface area contributed by atoms with Gasteiger partial charge in [0.05, 0.1) is 12.6 Å². The number of nitrogens with one attached hydrogen (secondary N) is 1. The molecule has 6 N–H and O–H groups in total. The van der Waals surface area contributed by atoms with Crippen LogP contribution in [0.4, 0.5) is 4.79 Å². The highest BCUT2D eigenvalue weighted by Crippen LogP contribution is 2.23. The summed E-state index contributed by atoms with van der Waals surface area (Å²) in [6.45, 7) is 5.09. The van der Waals surface area contributed by atoms with Crippen LogP contribution >= 0.6 is 0 Å². The topological polar surface area (TPSA) is 128 Å². The average molecular weight is 586 g/mol. The minimum atomic E-state index is -1.28. The van der Waals surface area contributed by atoms with Crippen molar-refractivity contribution in [3.05, 3.63) is 0 Å². The monoisotopic (exact) mass is 586 g/mol. The molecule has 0 radical (unpaired) electrons. The summed E-state index contributed by atoms with van der Waals surface area (Å²) in [6, 6.07) is -1.21. The van der Waals surface area contributed by atoms with Crippen molar-refractivity contribution < 1.29 is 24.9 Å². The van der Waals surface area contributed by atoms with E-state index in [1.165, 1.54) is 109 Å². The molecule has 0 saturated carbocycles. The second-order valence-electron chi connectivity index (χ2n) is 12.3. The maximum absolute atomic E-state index is 13.2. The molecule has 0 spiro atoms. The number of carbonyl (C=O) groups is 1. The van der Waals surface area contributed by atoms with Gasteiger partial charge in [-0.2, -0.15) is 0 Å². The van der Waals surface area contributed by atoms with E-state index in [0.717, 1.165) is 32.1 Å². The number of urea groups is 1. The van der Waals surface area contributed by atoms with E-state index in [1.807, 2.05) is 0 Å². The molecule has 1 aliphatic heterocycles. The van der Waals surface area contributed by atoms with E-state index in [9.17, 15) is 20.1 Å². The van der Waals surface area contributed by atoms with Crippen LogP contribution in [-0.2, 0) is 4.74 Å². The molecule has 0 aromatic heterocycles. The lowest BCUT2D eigenvalue weighted by molar-refractivity contribution is -0.218. The van der Waals surface area contributed by atoms with Crippen LogP contribution in [0.2, 0.25) is 0 Å². The quantitative estimate of drug-likeness (QED) is 0.0749. The molecule has 1 saturated heterocycles. The van der Waals surface area contributed by atoms with Gasteiger partial charge in [-0.1, -0.05) is 142 Å². The predicted octanol–water partition coefficient (Wildman–Crippen LogP) is 6.39. The third-order valence-electron chi connectivity index (χ3n) is 8.58. The predicted molar refractivity (Wildman–Crippen MR) is 169 cm³/mol. The first-order valence-electron chi connectivity index (χ1n) is 17.4. The lowest BCUT2D eigenvalue weighted by atomic mass is 9.96. The van der Waals surface area contributed by atoms with E-state index in [1.54, 1.807) is 4.90 Å². The molecule has 0 aromatic rings. The molecule has 1 fully saturated rings. The molecule has 1 heterocycles. The first-order chi connectivity index (χ1) is 20.0. The number of amides is 2. The van der Waals surface area contributed by atoms with E-state index in [-0.39, 0.29) is 6.03 Å². The zero-order chi connectivity index (χ0) is 30.1. The Morgan fingerprint density at radius 3 is 1.54 bits per heavy atom. The maximum Gasteiger partial charge on any atom is 0.319 e. The number of carbonyl (C=O) groups excluding carboxylic acids is 1. The van der Waals surface area contributed by atoms with Crippen molar-refractivity contribution in [1.29, 1.82) is 0 Å². The van der Waals surface area contributed by atoms with Crippen molar-refractivity contribution >= 4 is 6.03 Å². The van der Waals surface area contributed by atoms with Gasteiger partial charge in [0, 0.05) is 13.1 Å². The van der Waals surface area contributed by atoms with Gasteiger partial charge in [-0.05, 0) is 12.8 Å². The standard InChI is InChI=1S/C33H67N3O5/c1-3-5-7-9-11-13-15-16-17-19-21-23-25-35-33(40)36(26-24-22-20-18-14-12-10-8-6-4-2)32-29(34)31(39)30(38)28(27-37)41-32/h28-32,37-39H,3-27,34H2,1-2H3,(H,35,40)/t28-,29+,30-,31-,32-/m1/s1. The van der Waals surface area contributed by atoms with Crippen LogP contribution in [-0.4, -0.2) is 76.5 Å². The molecule has 5 atom stereocenters. The van der Waals surface area contributed by atoms with E-state index in [4.69, 9.17) is 10.5 Å². The summed E-state index contributed by atoms with van der Waals surface area (Å²) in [4.78, 5) is 14.8. The molecule has 1 rings (SSSR count). The molecule has 244 valence electrons. The smallest absolute Gasteiger partial charge is 0.319 e. The van der Waals surface area contributed by atoms with Crippen molar-refractivity contribution in [3.63, 3.8) is 0 Å². The van der Waals surface area contributed by atoms with Gasteiger partial charge < -0.3 is 31.1 Å². The number of ether oxygens (including phenoxy) is 1. The molecule has 0 aromatic carbocycles. The van der Waals surface area contributed by atoms with E-state index in [0.29, 0.717) is 13.1 Å². The number of nitrogens with two attached hydrogens (primary N) is 1. The normalized spacial score (nSPS) is 22.6. The number of rotatable bonds is 26. The Morgan fingerprint density at radius 1 is 0.683 bits per heavy atom. The van der Waals surface area contributed by atoms with Crippen LogP contribution in [0.3, 0.4) is 0 Å². The van der Waals surface area contributed by atoms with Gasteiger partial charge in [-0.3, -0.25) is 4.90 Å². The third kappa shape index (κ3) is 17.1. The maximum atomic E-state index is 13.2. The largest absolute Gasteiger partial charge is 0.394 e. The summed E-state index contributed by atoms with van der Waals surface area (Å²) < 4.78 is 5.86. The fourth-order valence-electron chi connectivity index (χ4n) is 5.78. The Kier molecular flexibility index (Phi) is 23.7. The summed E-state index contributed by atoms with van der Waals surface area (Å²) in [5.74, 6) is 0. The van der Waals surface area contributed by atoms with Crippen molar-refractivity contribution in [2.45, 2.75) is 186 Å². The van der Waals surface area contributed by atoms with E-state index >= 15 is 0 Å². The van der Waals surface area contributed by atoms with E-state index < -0.39 is 37.2 Å². The zero-order valence-electron chi connectivity index (χ0n) is 26.7. The van der Waals surface area contributed by atoms with Gasteiger partial charge in [0.25, 0.3) is 0 Å². The Hall–Kier alpha value is -0.930. The minimum Gasteiger partial charge on any atom is -0.394 e. The van der Waals surface area contributed by atoms with E-state index in [2.05, 4.69) is 19.2 Å². The first-order valence-corrected chi connectivity index (χ1v) is 17.4. The minimum absolute atomic E-state index is 0.260. The van der Waals surface area contributed by atoms with Gasteiger partial charge >= 0.3 is 6.03 Å². The lowest BCUT2D eigenvalue weighted by Crippen LogP contribution is -2.67. The van der Waals surface area contributed by atoms with Crippen molar-refractivity contribution in [3.8, 4) is 0 Å². The molecule has 2 amide bonds. The van der Waals surface area contributed by atoms with Crippen molar-refractivity contribution in [2.24, 2.45) is 5.73 Å². The van der Waals surface area contributed by atoms with Crippen LogP contribution in [0, 0.1) is 0 Å². The van der Waals surface area contributed by atoms with Crippen molar-refractivity contribution in [1.82, 2.24) is 10.2 Å². The number of unbranched alkanes of at least 4 members (excludes halogenated alkanes) is 20. The van der Waals surface area contributed by atoms with Crippen LogP contribution in [0.15, 0.2) is 0 Å². The number of hydrogen-bond acceptors (Lipinski definition) is 6. The summed E-state index contributed by atoms with van der Waals surface area (Å²) in [5.41, 5.74) is 6.22. The first kappa shape index (κ1) is 38.1. The Bertz CT molecular complexity index is 609. The summed E-state index contributed by atoms with van der Waals surface area (Å²) >= 11 is 0. The zero-order valence-corrected chi connectivity index (χ0v) is 26.7. The Balaban J connectivity index is 2.39. The summed E-state index contributed by atoms with van der Waals surface area (Å²) in [6.07, 6.45) is 22.7. The average Bonchev–Trinajstić information content (AvgIpc) is 2.97. The molecule has 0 aliphatic carbocycles. The molecule has 1 aliphatic rings. The number of hydrogen-bond donors (Lipinski definition) is 5. The van der Waals surface area contributed by atoms with Gasteiger partial charge in [0.1, 0.15) is 18.3 Å². The molecule has 0 bridgehead atoms. The van der Waals surface area contributed by atoms with Crippen LogP contribution in [0.1, 0.15) is 155 Å². The Morgan fingerprint density at radius 2 is 1.10 bits per heavy atom. The fourth-order valence-corrected chi connectivity index (χ4v) is 5.78. The number of aliphatic hydroxyl groups is 3. The molecular weight excluding hydrogens is 518 g/mol. The highest BCUT2D eigenvalue weighted by atomic mass is 16.5. The summed E-state index contributed by atoms with van der Waals surface area (Å²) in [7, 11) is 0. The molecule has 0 unspecified atom stereocenters. The molecule has 8 nitrogen and oxygen atoms in total.